The fraction of sp³-hybridized carbons (Fsp3) is 0.0769. The molecule has 0 spiro atoms. The second kappa shape index (κ2) is 5.32. The van der Waals surface area contributed by atoms with Crippen LogP contribution in [0.1, 0.15) is 11.3 Å². The lowest BCUT2D eigenvalue weighted by Gasteiger charge is -2.11. The van der Waals surface area contributed by atoms with E-state index in [0.29, 0.717) is 15.8 Å². The van der Waals surface area contributed by atoms with Crippen LogP contribution in [0.25, 0.3) is 6.08 Å². The number of thiophene rings is 1. The van der Waals surface area contributed by atoms with Crippen LogP contribution in [0.2, 0.25) is 0 Å². The average Bonchev–Trinajstić information content (AvgIpc) is 3.10. The van der Waals surface area contributed by atoms with Gasteiger partial charge in [0.2, 0.25) is 0 Å². The predicted molar refractivity (Wildman–Crippen MR) is 81.7 cm³/mol. The molecule has 19 heavy (non-hydrogen) atoms. The van der Waals surface area contributed by atoms with Gasteiger partial charge in [0, 0.05) is 0 Å². The zero-order chi connectivity index (χ0) is 13.2. The molecule has 0 N–H and O–H groups in total. The quantitative estimate of drug-likeness (QED) is 0.639. The predicted octanol–water partition coefficient (Wildman–Crippen LogP) is 3.74. The largest absolute Gasteiger partial charge is 0.467 e. The first-order chi connectivity index (χ1) is 9.24. The van der Waals surface area contributed by atoms with E-state index in [-0.39, 0.29) is 5.91 Å². The number of thioether (sulfide) groups is 1. The summed E-state index contributed by atoms with van der Waals surface area (Å²) in [4.78, 5) is 14.5. The maximum absolute atomic E-state index is 12.3. The molecule has 1 aliphatic heterocycles. The summed E-state index contributed by atoms with van der Waals surface area (Å²) in [6.45, 7) is 0.388. The molecule has 0 aromatic carbocycles. The molecule has 96 valence electrons. The van der Waals surface area contributed by atoms with Crippen molar-refractivity contribution in [2.75, 3.05) is 0 Å². The normalized spacial score (nSPS) is 17.7. The minimum Gasteiger partial charge on any atom is -0.467 e. The highest BCUT2D eigenvalue weighted by Gasteiger charge is 2.32. The van der Waals surface area contributed by atoms with Gasteiger partial charge in [-0.2, -0.15) is 11.3 Å². The van der Waals surface area contributed by atoms with Crippen molar-refractivity contribution in [3.63, 3.8) is 0 Å². The Kier molecular flexibility index (Phi) is 3.54. The summed E-state index contributed by atoms with van der Waals surface area (Å²) in [7, 11) is 0. The van der Waals surface area contributed by atoms with E-state index in [9.17, 15) is 4.79 Å². The van der Waals surface area contributed by atoms with Crippen LogP contribution in [0.3, 0.4) is 0 Å². The van der Waals surface area contributed by atoms with Crippen molar-refractivity contribution in [1.29, 1.82) is 0 Å². The van der Waals surface area contributed by atoms with Gasteiger partial charge in [-0.05, 0) is 40.6 Å². The van der Waals surface area contributed by atoms with Crippen LogP contribution < -0.4 is 0 Å². The fourth-order valence-corrected chi connectivity index (χ4v) is 3.58. The van der Waals surface area contributed by atoms with Gasteiger partial charge in [0.05, 0.1) is 17.7 Å². The minimum absolute atomic E-state index is 0.0578. The molecule has 0 atom stereocenters. The zero-order valence-corrected chi connectivity index (χ0v) is 12.2. The lowest BCUT2D eigenvalue weighted by molar-refractivity contribution is -0.122. The monoisotopic (exact) mass is 307 g/mol. The molecule has 1 aliphatic rings. The third kappa shape index (κ3) is 2.65. The number of hydrogen-bond acceptors (Lipinski definition) is 5. The van der Waals surface area contributed by atoms with Crippen molar-refractivity contribution in [2.24, 2.45) is 0 Å². The van der Waals surface area contributed by atoms with Crippen molar-refractivity contribution in [1.82, 2.24) is 4.90 Å². The highest BCUT2D eigenvalue weighted by molar-refractivity contribution is 8.26. The first kappa shape index (κ1) is 12.7. The molecular weight excluding hydrogens is 298 g/mol. The van der Waals surface area contributed by atoms with E-state index in [4.69, 9.17) is 16.6 Å². The van der Waals surface area contributed by atoms with Gasteiger partial charge in [-0.3, -0.25) is 9.69 Å². The molecule has 3 rings (SSSR count). The molecular formula is C13H9NO2S3. The molecule has 2 aromatic heterocycles. The van der Waals surface area contributed by atoms with Gasteiger partial charge in [-0.1, -0.05) is 24.0 Å². The van der Waals surface area contributed by atoms with E-state index in [0.717, 1.165) is 11.3 Å². The molecule has 0 bridgehead atoms. The second-order valence-electron chi connectivity index (χ2n) is 3.90. The van der Waals surface area contributed by atoms with E-state index < -0.39 is 0 Å². The lowest BCUT2D eigenvalue weighted by Crippen LogP contribution is -2.27. The molecule has 0 unspecified atom stereocenters. The Morgan fingerprint density at radius 2 is 2.32 bits per heavy atom. The molecule has 6 heteroatoms. The van der Waals surface area contributed by atoms with Crippen LogP contribution in [-0.4, -0.2) is 15.1 Å². The maximum Gasteiger partial charge on any atom is 0.266 e. The summed E-state index contributed by atoms with van der Waals surface area (Å²) in [5, 5.41) is 3.98. The molecule has 3 nitrogen and oxygen atoms in total. The summed E-state index contributed by atoms with van der Waals surface area (Å²) in [5.74, 6) is 0.672. The standard InChI is InChI=1S/C13H9NO2S3/c15-12-11(6-9-3-5-18-8-9)19-13(17)14(12)7-10-2-1-4-16-10/h1-6,8H,7H2. The number of thiocarbonyl (C=S) groups is 1. The maximum atomic E-state index is 12.3. The van der Waals surface area contributed by atoms with Crippen molar-refractivity contribution in [2.45, 2.75) is 6.54 Å². The first-order valence-corrected chi connectivity index (χ1v) is 7.71. The third-order valence-electron chi connectivity index (χ3n) is 2.61. The van der Waals surface area contributed by atoms with Crippen molar-refractivity contribution >= 4 is 51.6 Å². The average molecular weight is 307 g/mol. The minimum atomic E-state index is -0.0578. The second-order valence-corrected chi connectivity index (χ2v) is 6.36. The van der Waals surface area contributed by atoms with Gasteiger partial charge in [0.1, 0.15) is 10.1 Å². The van der Waals surface area contributed by atoms with Gasteiger partial charge < -0.3 is 4.42 Å². The summed E-state index contributed by atoms with van der Waals surface area (Å²) in [6.07, 6.45) is 3.46. The number of carbonyl (C=O) groups excluding carboxylic acids is 1. The Labute approximate surface area is 123 Å². The van der Waals surface area contributed by atoms with Crippen LogP contribution in [0.4, 0.5) is 0 Å². The van der Waals surface area contributed by atoms with Crippen LogP contribution in [-0.2, 0) is 11.3 Å². The van der Waals surface area contributed by atoms with Crippen LogP contribution in [0.5, 0.6) is 0 Å². The Bertz CT molecular complexity index is 629. The van der Waals surface area contributed by atoms with Crippen molar-refractivity contribution in [3.05, 3.63) is 51.5 Å². The lowest BCUT2D eigenvalue weighted by atomic mass is 10.3. The number of rotatable bonds is 3. The highest BCUT2D eigenvalue weighted by Crippen LogP contribution is 2.33. The molecule has 0 radical (unpaired) electrons. The molecule has 1 amide bonds. The van der Waals surface area contributed by atoms with Crippen LogP contribution >= 0.6 is 35.3 Å². The number of amides is 1. The topological polar surface area (TPSA) is 33.5 Å². The van der Waals surface area contributed by atoms with Gasteiger partial charge in [0.15, 0.2) is 0 Å². The fourth-order valence-electron chi connectivity index (χ4n) is 1.70. The Hall–Kier alpha value is -1.37. The van der Waals surface area contributed by atoms with Crippen molar-refractivity contribution < 1.29 is 9.21 Å². The van der Waals surface area contributed by atoms with Crippen LogP contribution in [0, 0.1) is 0 Å². The van der Waals surface area contributed by atoms with Gasteiger partial charge in [-0.15, -0.1) is 0 Å². The highest BCUT2D eigenvalue weighted by atomic mass is 32.2. The van der Waals surface area contributed by atoms with E-state index in [2.05, 4.69) is 0 Å². The van der Waals surface area contributed by atoms with Crippen molar-refractivity contribution in [3.8, 4) is 0 Å². The Morgan fingerprint density at radius 1 is 1.42 bits per heavy atom. The Balaban J connectivity index is 1.81. The SMILES string of the molecule is O=C1C(=Cc2ccsc2)SC(=S)N1Cc1ccco1. The number of hydrogen-bond donors (Lipinski definition) is 0. The first-order valence-electron chi connectivity index (χ1n) is 5.54. The van der Waals surface area contributed by atoms with Gasteiger partial charge >= 0.3 is 0 Å². The summed E-state index contributed by atoms with van der Waals surface area (Å²) < 4.78 is 5.82. The smallest absolute Gasteiger partial charge is 0.266 e. The van der Waals surface area contributed by atoms with E-state index in [1.807, 2.05) is 29.0 Å². The molecule has 1 fully saturated rings. The zero-order valence-electron chi connectivity index (χ0n) is 9.74. The van der Waals surface area contributed by atoms with Gasteiger partial charge in [0.25, 0.3) is 5.91 Å². The third-order valence-corrected chi connectivity index (χ3v) is 4.69. The molecule has 1 saturated heterocycles. The molecule has 0 aliphatic carbocycles. The number of carbonyl (C=O) groups is 1. The molecule has 0 saturated carbocycles. The van der Waals surface area contributed by atoms with E-state index in [1.54, 1.807) is 28.6 Å². The number of nitrogens with zero attached hydrogens (tertiary/aromatic N) is 1. The molecule has 2 aromatic rings. The van der Waals surface area contributed by atoms with E-state index in [1.165, 1.54) is 11.8 Å². The summed E-state index contributed by atoms with van der Waals surface area (Å²) >= 11 is 8.19. The number of furan rings is 1. The van der Waals surface area contributed by atoms with Gasteiger partial charge in [-0.25, -0.2) is 0 Å². The Morgan fingerprint density at radius 3 is 3.00 bits per heavy atom. The summed E-state index contributed by atoms with van der Waals surface area (Å²) in [5.41, 5.74) is 1.03. The summed E-state index contributed by atoms with van der Waals surface area (Å²) in [6, 6.07) is 5.61. The van der Waals surface area contributed by atoms with E-state index >= 15 is 0 Å². The molecule has 3 heterocycles. The van der Waals surface area contributed by atoms with Crippen LogP contribution in [0.15, 0.2) is 44.5 Å².